The van der Waals surface area contributed by atoms with Crippen molar-refractivity contribution in [2.45, 2.75) is 25.7 Å². The van der Waals surface area contributed by atoms with Crippen LogP contribution in [-0.4, -0.2) is 10.2 Å². The van der Waals surface area contributed by atoms with Crippen LogP contribution in [0.5, 0.6) is 0 Å². The maximum absolute atomic E-state index is 12.3. The summed E-state index contributed by atoms with van der Waals surface area (Å²) in [6, 6.07) is 7.74. The normalized spacial score (nSPS) is 14.9. The Kier molecular flexibility index (Phi) is 2.56. The van der Waals surface area contributed by atoms with E-state index >= 15 is 0 Å². The van der Waals surface area contributed by atoms with Crippen LogP contribution in [0.15, 0.2) is 30.5 Å². The van der Waals surface area contributed by atoms with Crippen molar-refractivity contribution in [3.63, 3.8) is 0 Å². The zero-order valence-electron chi connectivity index (χ0n) is 9.64. The molecule has 2 nitrogen and oxygen atoms in total. The number of benzene rings is 1. The molecule has 1 aromatic heterocycles. The van der Waals surface area contributed by atoms with Gasteiger partial charge in [-0.2, -0.15) is 0 Å². The molecule has 0 unspecified atom stereocenters. The van der Waals surface area contributed by atoms with Crippen molar-refractivity contribution in [2.24, 2.45) is 0 Å². The fourth-order valence-corrected chi connectivity index (χ4v) is 2.82. The molecule has 17 heavy (non-hydrogen) atoms. The highest BCUT2D eigenvalue weighted by Gasteiger charge is 2.30. The predicted molar refractivity (Wildman–Crippen MR) is 68.7 cm³/mol. The molecule has 1 aliphatic rings. The Bertz CT molecular complexity index is 552. The van der Waals surface area contributed by atoms with Gasteiger partial charge in [-0.1, -0.05) is 29.8 Å². The molecule has 1 fully saturated rings. The molecule has 0 atom stereocenters. The van der Waals surface area contributed by atoms with Crippen molar-refractivity contribution in [3.05, 3.63) is 52.0 Å². The van der Waals surface area contributed by atoms with Gasteiger partial charge in [0.05, 0.1) is 11.8 Å². The standard InChI is InChI=1S/C14H13NOS/c1-9-2-4-10(5-3-9)13(16)12-8-15-17-14(12)11-6-7-11/h2-5,8,11H,6-7H2,1H3. The van der Waals surface area contributed by atoms with Gasteiger partial charge < -0.3 is 0 Å². The molecule has 0 N–H and O–H groups in total. The van der Waals surface area contributed by atoms with Gasteiger partial charge in [-0.15, -0.1) is 0 Å². The fraction of sp³-hybridized carbons (Fsp3) is 0.286. The number of hydrogen-bond donors (Lipinski definition) is 0. The summed E-state index contributed by atoms with van der Waals surface area (Å²) in [5.74, 6) is 0.701. The van der Waals surface area contributed by atoms with Crippen molar-refractivity contribution in [2.75, 3.05) is 0 Å². The molecule has 1 heterocycles. The highest BCUT2D eigenvalue weighted by Crippen LogP contribution is 2.43. The van der Waals surface area contributed by atoms with E-state index in [1.165, 1.54) is 34.8 Å². The summed E-state index contributed by atoms with van der Waals surface area (Å²) in [5.41, 5.74) is 2.74. The first-order valence-electron chi connectivity index (χ1n) is 5.81. The van der Waals surface area contributed by atoms with Crippen LogP contribution in [0.3, 0.4) is 0 Å². The van der Waals surface area contributed by atoms with Gasteiger partial charge in [0.1, 0.15) is 0 Å². The predicted octanol–water partition coefficient (Wildman–Crippen LogP) is 3.56. The lowest BCUT2D eigenvalue weighted by Crippen LogP contribution is -2.02. The Morgan fingerprint density at radius 1 is 1.29 bits per heavy atom. The largest absolute Gasteiger partial charge is 0.289 e. The zero-order valence-corrected chi connectivity index (χ0v) is 10.5. The summed E-state index contributed by atoms with van der Waals surface area (Å²) in [4.78, 5) is 13.5. The minimum absolute atomic E-state index is 0.112. The summed E-state index contributed by atoms with van der Waals surface area (Å²) >= 11 is 1.48. The van der Waals surface area contributed by atoms with E-state index in [2.05, 4.69) is 4.37 Å². The van der Waals surface area contributed by atoms with E-state index in [9.17, 15) is 4.79 Å². The molecule has 0 aliphatic heterocycles. The zero-order chi connectivity index (χ0) is 11.8. The third-order valence-electron chi connectivity index (χ3n) is 3.10. The number of ketones is 1. The molecular weight excluding hydrogens is 230 g/mol. The summed E-state index contributed by atoms with van der Waals surface area (Å²) in [6.07, 6.45) is 4.13. The first-order valence-corrected chi connectivity index (χ1v) is 6.59. The van der Waals surface area contributed by atoms with Crippen LogP contribution in [0.25, 0.3) is 0 Å². The highest BCUT2D eigenvalue weighted by atomic mass is 32.1. The Balaban J connectivity index is 1.95. The van der Waals surface area contributed by atoms with E-state index in [1.54, 1.807) is 6.20 Å². The maximum atomic E-state index is 12.3. The van der Waals surface area contributed by atoms with Gasteiger partial charge in [0, 0.05) is 10.4 Å². The van der Waals surface area contributed by atoms with Gasteiger partial charge in [0.25, 0.3) is 0 Å². The monoisotopic (exact) mass is 243 g/mol. The number of carbonyl (C=O) groups excluding carboxylic acids is 1. The molecule has 2 aromatic rings. The van der Waals surface area contributed by atoms with Crippen molar-refractivity contribution >= 4 is 17.3 Å². The minimum Gasteiger partial charge on any atom is -0.289 e. The molecule has 0 saturated heterocycles. The lowest BCUT2D eigenvalue weighted by atomic mass is 10.0. The van der Waals surface area contributed by atoms with Crippen molar-refractivity contribution in [1.82, 2.24) is 4.37 Å². The Hall–Kier alpha value is -1.48. The molecule has 0 radical (unpaired) electrons. The fourth-order valence-electron chi connectivity index (χ4n) is 1.92. The van der Waals surface area contributed by atoms with E-state index in [1.807, 2.05) is 31.2 Å². The summed E-state index contributed by atoms with van der Waals surface area (Å²) < 4.78 is 4.17. The molecule has 3 rings (SSSR count). The quantitative estimate of drug-likeness (QED) is 0.771. The molecular formula is C14H13NOS. The summed E-state index contributed by atoms with van der Waals surface area (Å²) in [5, 5.41) is 0. The molecule has 86 valence electrons. The topological polar surface area (TPSA) is 30.0 Å². The molecule has 1 aliphatic carbocycles. The van der Waals surface area contributed by atoms with Crippen LogP contribution in [0, 0.1) is 6.92 Å². The third-order valence-corrected chi connectivity index (χ3v) is 4.07. The Morgan fingerprint density at radius 3 is 2.65 bits per heavy atom. The third kappa shape index (κ3) is 2.03. The van der Waals surface area contributed by atoms with Gasteiger partial charge in [0.2, 0.25) is 0 Å². The second-order valence-corrected chi connectivity index (χ2v) is 5.41. The van der Waals surface area contributed by atoms with Crippen LogP contribution in [0.1, 0.15) is 45.1 Å². The van der Waals surface area contributed by atoms with Crippen LogP contribution in [0.2, 0.25) is 0 Å². The van der Waals surface area contributed by atoms with Crippen molar-refractivity contribution < 1.29 is 4.79 Å². The summed E-state index contributed by atoms with van der Waals surface area (Å²) in [6.45, 7) is 2.02. The second-order valence-electron chi connectivity index (χ2n) is 4.57. The maximum Gasteiger partial charge on any atom is 0.195 e. The smallest absolute Gasteiger partial charge is 0.195 e. The number of nitrogens with zero attached hydrogens (tertiary/aromatic N) is 1. The summed E-state index contributed by atoms with van der Waals surface area (Å²) in [7, 11) is 0. The van der Waals surface area contributed by atoms with E-state index in [-0.39, 0.29) is 5.78 Å². The second kappa shape index (κ2) is 4.08. The van der Waals surface area contributed by atoms with Crippen molar-refractivity contribution in [3.8, 4) is 0 Å². The minimum atomic E-state index is 0.112. The van der Waals surface area contributed by atoms with Gasteiger partial charge in [-0.3, -0.25) is 4.79 Å². The molecule has 0 amide bonds. The van der Waals surface area contributed by atoms with Crippen LogP contribution in [-0.2, 0) is 0 Å². The highest BCUT2D eigenvalue weighted by molar-refractivity contribution is 7.06. The Morgan fingerprint density at radius 2 is 2.00 bits per heavy atom. The average molecular weight is 243 g/mol. The number of aryl methyl sites for hydroxylation is 1. The van der Waals surface area contributed by atoms with Gasteiger partial charge in [-0.05, 0) is 37.2 Å². The van der Waals surface area contributed by atoms with Gasteiger partial charge >= 0.3 is 0 Å². The van der Waals surface area contributed by atoms with E-state index < -0.39 is 0 Å². The lowest BCUT2D eigenvalue weighted by molar-refractivity contribution is 0.103. The van der Waals surface area contributed by atoms with Crippen LogP contribution in [0.4, 0.5) is 0 Å². The van der Waals surface area contributed by atoms with Crippen molar-refractivity contribution in [1.29, 1.82) is 0 Å². The number of aromatic nitrogens is 1. The SMILES string of the molecule is Cc1ccc(C(=O)c2cnsc2C2CC2)cc1. The van der Waals surface area contributed by atoms with Gasteiger partial charge in [0.15, 0.2) is 5.78 Å². The lowest BCUT2D eigenvalue weighted by Gasteiger charge is -2.01. The van der Waals surface area contributed by atoms with Gasteiger partial charge in [-0.25, -0.2) is 4.37 Å². The Labute approximate surface area is 104 Å². The molecule has 1 aromatic carbocycles. The van der Waals surface area contributed by atoms with E-state index in [4.69, 9.17) is 0 Å². The van der Waals surface area contributed by atoms with Crippen LogP contribution >= 0.6 is 11.5 Å². The van der Waals surface area contributed by atoms with E-state index in [0.717, 1.165) is 11.1 Å². The first-order chi connectivity index (χ1) is 8.25. The first kappa shape index (κ1) is 10.7. The average Bonchev–Trinajstić information content (AvgIpc) is 3.07. The van der Waals surface area contributed by atoms with E-state index in [0.29, 0.717) is 5.92 Å². The molecule has 0 bridgehead atoms. The molecule has 1 saturated carbocycles. The molecule has 0 spiro atoms. The number of carbonyl (C=O) groups is 1. The molecule has 3 heteroatoms. The number of rotatable bonds is 3. The van der Waals surface area contributed by atoms with Crippen LogP contribution < -0.4 is 0 Å². The number of hydrogen-bond acceptors (Lipinski definition) is 3.